The summed E-state index contributed by atoms with van der Waals surface area (Å²) in [4.78, 5) is 16.4. The molecule has 1 aromatic heterocycles. The van der Waals surface area contributed by atoms with Gasteiger partial charge >= 0.3 is 0 Å². The number of nitrogens with two attached hydrogens (primary N) is 1. The maximum absolute atomic E-state index is 12.3. The van der Waals surface area contributed by atoms with Gasteiger partial charge in [0.1, 0.15) is 6.54 Å². The van der Waals surface area contributed by atoms with Gasteiger partial charge in [-0.15, -0.1) is 0 Å². The van der Waals surface area contributed by atoms with E-state index in [2.05, 4.69) is 10.3 Å². The van der Waals surface area contributed by atoms with Crippen molar-refractivity contribution in [2.45, 2.75) is 18.4 Å². The van der Waals surface area contributed by atoms with Crippen LogP contribution in [0.5, 0.6) is 0 Å². The number of carbonyl (C=O) groups is 1. The largest absolute Gasteiger partial charge is 0.333 e. The predicted octanol–water partition coefficient (Wildman–Crippen LogP) is 0.342. The zero-order valence-electron chi connectivity index (χ0n) is 14.6. The van der Waals surface area contributed by atoms with E-state index in [0.717, 1.165) is 10.00 Å². The fourth-order valence-electron chi connectivity index (χ4n) is 2.23. The lowest BCUT2D eigenvalue weighted by Gasteiger charge is -2.15. The van der Waals surface area contributed by atoms with Gasteiger partial charge in [0.2, 0.25) is 10.0 Å². The zero-order valence-corrected chi connectivity index (χ0v) is 15.4. The van der Waals surface area contributed by atoms with Gasteiger partial charge in [0.25, 0.3) is 5.91 Å². The Morgan fingerprint density at radius 3 is 2.64 bits per heavy atom. The molecule has 1 heterocycles. The third-order valence-corrected chi connectivity index (χ3v) is 5.60. The number of sulfonamides is 1. The summed E-state index contributed by atoms with van der Waals surface area (Å²) in [5.41, 5.74) is 1.99. The molecule has 0 saturated heterocycles. The highest BCUT2D eigenvalue weighted by Crippen LogP contribution is 2.22. The van der Waals surface area contributed by atoms with Crippen LogP contribution >= 0.6 is 0 Å². The number of aromatic nitrogens is 1. The van der Waals surface area contributed by atoms with E-state index in [-0.39, 0.29) is 17.3 Å². The minimum atomic E-state index is -3.55. The molecule has 25 heavy (non-hydrogen) atoms. The smallest absolute Gasteiger partial charge is 0.279 e. The summed E-state index contributed by atoms with van der Waals surface area (Å²) in [6.07, 6.45) is 1.71. The molecule has 0 saturated carbocycles. The van der Waals surface area contributed by atoms with E-state index in [1.165, 1.54) is 20.2 Å². The normalized spacial score (nSPS) is 11.5. The third-order valence-electron chi connectivity index (χ3n) is 3.64. The van der Waals surface area contributed by atoms with E-state index in [1.807, 2.05) is 23.5 Å². The number of quaternary nitrogens is 1. The number of pyridine rings is 1. The average molecular weight is 363 g/mol. The molecule has 0 bridgehead atoms. The summed E-state index contributed by atoms with van der Waals surface area (Å²) >= 11 is 0. The molecule has 0 unspecified atom stereocenters. The number of nitrogens with one attached hydrogen (secondary N) is 1. The van der Waals surface area contributed by atoms with E-state index < -0.39 is 10.0 Å². The van der Waals surface area contributed by atoms with Crippen molar-refractivity contribution in [1.82, 2.24) is 9.29 Å². The quantitative estimate of drug-likeness (QED) is 0.742. The second-order valence-electron chi connectivity index (χ2n) is 5.83. The molecule has 0 aliphatic rings. The molecule has 1 aromatic carbocycles. The van der Waals surface area contributed by atoms with Crippen molar-refractivity contribution in [3.63, 3.8) is 0 Å². The first kappa shape index (κ1) is 19.0. The summed E-state index contributed by atoms with van der Waals surface area (Å²) in [6, 6.07) is 10.5. The number of hydrogen-bond acceptors (Lipinski definition) is 4. The number of anilines is 1. The second-order valence-corrected chi connectivity index (χ2v) is 7.95. The number of rotatable bonds is 7. The number of hydrogen-bond donors (Lipinski definition) is 2. The average Bonchev–Trinajstić information content (AvgIpc) is 2.57. The van der Waals surface area contributed by atoms with Gasteiger partial charge in [-0.1, -0.05) is 12.1 Å². The number of amides is 1. The van der Waals surface area contributed by atoms with Crippen LogP contribution in [0.1, 0.15) is 11.3 Å². The zero-order chi connectivity index (χ0) is 18.4. The molecule has 3 N–H and O–H groups in total. The van der Waals surface area contributed by atoms with Gasteiger partial charge in [0.05, 0.1) is 10.6 Å². The van der Waals surface area contributed by atoms with Crippen molar-refractivity contribution in [2.75, 3.05) is 26.0 Å². The molecular weight excluding hydrogens is 340 g/mol. The Balaban J connectivity index is 1.99. The van der Waals surface area contributed by atoms with Gasteiger partial charge in [-0.2, -0.15) is 0 Å². The molecule has 8 heteroatoms. The maximum atomic E-state index is 12.3. The Morgan fingerprint density at radius 1 is 1.24 bits per heavy atom. The van der Waals surface area contributed by atoms with Crippen LogP contribution in [0.15, 0.2) is 47.5 Å². The van der Waals surface area contributed by atoms with Gasteiger partial charge in [-0.3, -0.25) is 9.78 Å². The van der Waals surface area contributed by atoms with Crippen molar-refractivity contribution in [3.05, 3.63) is 53.9 Å². The molecule has 1 amide bonds. The molecule has 0 spiro atoms. The third kappa shape index (κ3) is 5.09. The van der Waals surface area contributed by atoms with Crippen LogP contribution in [0.3, 0.4) is 0 Å². The number of carbonyl (C=O) groups excluding carboxylic acids is 1. The fourth-order valence-corrected chi connectivity index (χ4v) is 3.38. The first-order chi connectivity index (χ1) is 11.8. The molecule has 0 aliphatic carbocycles. The van der Waals surface area contributed by atoms with Crippen LogP contribution < -0.4 is 10.6 Å². The molecule has 0 atom stereocenters. The standard InChI is InChI=1S/C17H22N4O3S/c1-13-7-8-14(10-16(13)25(23,24)21(2)3)20-17(22)12-18-11-15-6-4-5-9-19-15/h4-10,18H,11-12H2,1-3H3,(H,20,22)/p+1. The summed E-state index contributed by atoms with van der Waals surface area (Å²) in [6.45, 7) is 2.55. The lowest BCUT2D eigenvalue weighted by atomic mass is 10.2. The van der Waals surface area contributed by atoms with Gasteiger partial charge in [-0.25, -0.2) is 12.7 Å². The molecule has 0 fully saturated rings. The first-order valence-electron chi connectivity index (χ1n) is 7.85. The summed E-state index contributed by atoms with van der Waals surface area (Å²) in [5.74, 6) is -0.201. The highest BCUT2D eigenvalue weighted by molar-refractivity contribution is 7.89. The van der Waals surface area contributed by atoms with E-state index in [0.29, 0.717) is 17.8 Å². The topological polar surface area (TPSA) is 96.0 Å². The van der Waals surface area contributed by atoms with Gasteiger partial charge in [-0.05, 0) is 36.8 Å². The van der Waals surface area contributed by atoms with Gasteiger partial charge < -0.3 is 10.6 Å². The van der Waals surface area contributed by atoms with E-state index in [9.17, 15) is 13.2 Å². The summed E-state index contributed by atoms with van der Waals surface area (Å²) < 4.78 is 25.8. The molecule has 0 aliphatic heterocycles. The Hall–Kier alpha value is -2.29. The minimum Gasteiger partial charge on any atom is -0.333 e. The number of nitrogens with zero attached hydrogens (tertiary/aromatic N) is 2. The van der Waals surface area contributed by atoms with Crippen molar-refractivity contribution in [3.8, 4) is 0 Å². The highest BCUT2D eigenvalue weighted by Gasteiger charge is 2.20. The minimum absolute atomic E-state index is 0.188. The van der Waals surface area contributed by atoms with Crippen LogP contribution in [-0.4, -0.2) is 44.3 Å². The van der Waals surface area contributed by atoms with Gasteiger partial charge in [0.15, 0.2) is 6.54 Å². The van der Waals surface area contributed by atoms with Crippen LogP contribution in [0.25, 0.3) is 0 Å². The molecule has 134 valence electrons. The maximum Gasteiger partial charge on any atom is 0.279 e. The molecule has 2 aromatic rings. The Bertz CT molecular complexity index is 836. The second kappa shape index (κ2) is 8.19. The van der Waals surface area contributed by atoms with Crippen LogP contribution in [0.4, 0.5) is 5.69 Å². The van der Waals surface area contributed by atoms with Crippen LogP contribution in [0, 0.1) is 6.92 Å². The Kier molecular flexibility index (Phi) is 6.24. The predicted molar refractivity (Wildman–Crippen MR) is 95.4 cm³/mol. The Morgan fingerprint density at radius 2 is 2.00 bits per heavy atom. The molecular formula is C17H23N4O3S+. The number of aryl methyl sites for hydroxylation is 1. The molecule has 7 nitrogen and oxygen atoms in total. The monoisotopic (exact) mass is 363 g/mol. The summed E-state index contributed by atoms with van der Waals surface area (Å²) in [5, 5.41) is 4.57. The number of benzene rings is 1. The lowest BCUT2D eigenvalue weighted by Crippen LogP contribution is -2.84. The molecule has 2 rings (SSSR count). The van der Waals surface area contributed by atoms with E-state index in [1.54, 1.807) is 25.3 Å². The summed E-state index contributed by atoms with van der Waals surface area (Å²) in [7, 11) is -0.595. The first-order valence-corrected chi connectivity index (χ1v) is 9.29. The Labute approximate surface area is 148 Å². The van der Waals surface area contributed by atoms with Crippen LogP contribution in [-0.2, 0) is 21.4 Å². The lowest BCUT2D eigenvalue weighted by molar-refractivity contribution is -0.660. The SMILES string of the molecule is Cc1ccc(NC(=O)C[NH2+]Cc2ccccn2)cc1S(=O)(=O)N(C)C. The fraction of sp³-hybridized carbons (Fsp3) is 0.294. The molecule has 0 radical (unpaired) electrons. The van der Waals surface area contributed by atoms with Crippen molar-refractivity contribution in [1.29, 1.82) is 0 Å². The van der Waals surface area contributed by atoms with Crippen molar-refractivity contribution >= 4 is 21.6 Å². The van der Waals surface area contributed by atoms with E-state index >= 15 is 0 Å². The van der Waals surface area contributed by atoms with Gasteiger partial charge in [0, 0.05) is 26.0 Å². The van der Waals surface area contributed by atoms with Crippen molar-refractivity contribution < 1.29 is 18.5 Å². The van der Waals surface area contributed by atoms with Crippen molar-refractivity contribution in [2.24, 2.45) is 0 Å². The van der Waals surface area contributed by atoms with Crippen LogP contribution in [0.2, 0.25) is 0 Å². The highest BCUT2D eigenvalue weighted by atomic mass is 32.2. The van der Waals surface area contributed by atoms with E-state index in [4.69, 9.17) is 0 Å².